The third kappa shape index (κ3) is 5.04. The van der Waals surface area contributed by atoms with Crippen molar-refractivity contribution in [3.8, 4) is 0 Å². The highest BCUT2D eigenvalue weighted by Crippen LogP contribution is 2.46. The van der Waals surface area contributed by atoms with Crippen molar-refractivity contribution >= 4 is 34.8 Å². The molecule has 0 spiro atoms. The molecule has 1 fully saturated rings. The van der Waals surface area contributed by atoms with Crippen LogP contribution in [0.25, 0.3) is 0 Å². The number of carbonyl (C=O) groups excluding carboxylic acids is 1. The van der Waals surface area contributed by atoms with Crippen molar-refractivity contribution in [1.82, 2.24) is 19.6 Å². The molecule has 0 atom stereocenters. The summed E-state index contributed by atoms with van der Waals surface area (Å²) in [7, 11) is 0. The Hall–Kier alpha value is -2.52. The van der Waals surface area contributed by atoms with Crippen LogP contribution in [-0.4, -0.2) is 25.5 Å². The Morgan fingerprint density at radius 3 is 2.65 bits per heavy atom. The summed E-state index contributed by atoms with van der Waals surface area (Å²) in [6.07, 6.45) is -0.00543. The molecule has 0 saturated heterocycles. The largest absolute Gasteiger partial charge is 0.436 e. The molecule has 4 rings (SSSR count). The summed E-state index contributed by atoms with van der Waals surface area (Å²) in [6, 6.07) is 7.36. The van der Waals surface area contributed by atoms with Gasteiger partial charge in [-0.25, -0.2) is 0 Å². The van der Waals surface area contributed by atoms with Crippen LogP contribution in [0.4, 0.5) is 18.9 Å². The number of aromatic nitrogens is 4. The van der Waals surface area contributed by atoms with Crippen molar-refractivity contribution in [3.63, 3.8) is 0 Å². The van der Waals surface area contributed by atoms with Crippen LogP contribution in [0.3, 0.4) is 0 Å². The number of hydrogen-bond donors (Lipinski definition) is 1. The molecule has 1 aliphatic carbocycles. The molecule has 1 aliphatic rings. The summed E-state index contributed by atoms with van der Waals surface area (Å²) in [5.74, 6) is -0.401. The van der Waals surface area contributed by atoms with E-state index in [1.165, 1.54) is 10.9 Å². The van der Waals surface area contributed by atoms with E-state index in [9.17, 15) is 18.0 Å². The molecule has 0 bridgehead atoms. The Labute approximate surface area is 185 Å². The molecule has 0 radical (unpaired) electrons. The number of halogens is 5. The fraction of sp³-hybridized carbons (Fsp3) is 0.350. The topological polar surface area (TPSA) is 64.7 Å². The van der Waals surface area contributed by atoms with Crippen LogP contribution in [0, 0.1) is 0 Å². The Balaban J connectivity index is 1.38. The van der Waals surface area contributed by atoms with Crippen molar-refractivity contribution in [2.24, 2.45) is 0 Å². The number of aryl methyl sites for hydroxylation is 1. The van der Waals surface area contributed by atoms with Crippen molar-refractivity contribution in [2.45, 2.75) is 44.4 Å². The average Bonchev–Trinajstić information content (AvgIpc) is 3.34. The molecule has 3 aromatic rings. The van der Waals surface area contributed by atoms with Gasteiger partial charge in [0.1, 0.15) is 0 Å². The summed E-state index contributed by atoms with van der Waals surface area (Å²) in [5, 5.41) is 10.8. The van der Waals surface area contributed by atoms with Crippen LogP contribution in [0.1, 0.15) is 42.1 Å². The lowest BCUT2D eigenvalue weighted by Gasteiger charge is -2.07. The molecule has 11 heteroatoms. The first-order valence-corrected chi connectivity index (χ1v) is 10.4. The van der Waals surface area contributed by atoms with Crippen molar-refractivity contribution in [3.05, 3.63) is 63.7 Å². The Morgan fingerprint density at radius 1 is 1.23 bits per heavy atom. The Morgan fingerprint density at radius 2 is 1.97 bits per heavy atom. The van der Waals surface area contributed by atoms with Gasteiger partial charge in [0.15, 0.2) is 5.69 Å². The van der Waals surface area contributed by atoms with E-state index in [0.717, 1.165) is 18.4 Å². The number of carbonyl (C=O) groups is 1. The lowest BCUT2D eigenvalue weighted by molar-refractivity contribution is -0.141. The quantitative estimate of drug-likeness (QED) is 0.504. The number of nitrogens with zero attached hydrogens (tertiary/aromatic N) is 4. The third-order valence-corrected chi connectivity index (χ3v) is 5.66. The number of rotatable bonds is 7. The van der Waals surface area contributed by atoms with Gasteiger partial charge in [-0.2, -0.15) is 23.4 Å². The first-order valence-electron chi connectivity index (χ1n) is 9.61. The Kier molecular flexibility index (Phi) is 5.98. The number of amides is 1. The Bertz CT molecular complexity index is 1100. The van der Waals surface area contributed by atoms with E-state index in [0.29, 0.717) is 22.9 Å². The van der Waals surface area contributed by atoms with Gasteiger partial charge < -0.3 is 5.32 Å². The molecule has 0 unspecified atom stereocenters. The molecule has 1 N–H and O–H groups in total. The lowest BCUT2D eigenvalue weighted by Crippen LogP contribution is -2.16. The van der Waals surface area contributed by atoms with E-state index in [1.54, 1.807) is 16.9 Å². The molecular weight excluding hydrogens is 454 g/mol. The summed E-state index contributed by atoms with van der Waals surface area (Å²) in [4.78, 5) is 12.3. The normalized spacial score (nSPS) is 14.1. The molecule has 6 nitrogen and oxygen atoms in total. The predicted octanol–water partition coefficient (Wildman–Crippen LogP) is 5.36. The second-order valence-corrected chi connectivity index (χ2v) is 8.14. The minimum absolute atomic E-state index is 0.00122. The molecule has 31 heavy (non-hydrogen) atoms. The van der Waals surface area contributed by atoms with Crippen LogP contribution in [0.5, 0.6) is 0 Å². The molecule has 2 aromatic heterocycles. The fourth-order valence-electron chi connectivity index (χ4n) is 3.30. The van der Waals surface area contributed by atoms with Crippen LogP contribution >= 0.6 is 23.2 Å². The van der Waals surface area contributed by atoms with Crippen LogP contribution in [-0.2, 0) is 24.1 Å². The first-order chi connectivity index (χ1) is 14.7. The highest BCUT2D eigenvalue weighted by molar-refractivity contribution is 6.32. The highest BCUT2D eigenvalue weighted by atomic mass is 35.5. The maximum Gasteiger partial charge on any atom is 0.436 e. The predicted molar refractivity (Wildman–Crippen MR) is 110 cm³/mol. The molecule has 1 saturated carbocycles. The van der Waals surface area contributed by atoms with Crippen molar-refractivity contribution < 1.29 is 18.0 Å². The summed E-state index contributed by atoms with van der Waals surface area (Å²) >= 11 is 12.1. The molecule has 1 aromatic carbocycles. The zero-order valence-corrected chi connectivity index (χ0v) is 17.7. The van der Waals surface area contributed by atoms with E-state index in [1.807, 2.05) is 18.2 Å². The fourth-order valence-corrected chi connectivity index (χ4v) is 3.89. The lowest BCUT2D eigenvalue weighted by atomic mass is 10.2. The van der Waals surface area contributed by atoms with E-state index in [2.05, 4.69) is 15.5 Å². The summed E-state index contributed by atoms with van der Waals surface area (Å²) in [6.45, 7) is 0.438. The number of alkyl halides is 3. The highest BCUT2D eigenvalue weighted by Gasteiger charge is 2.42. The van der Waals surface area contributed by atoms with E-state index >= 15 is 0 Å². The van der Waals surface area contributed by atoms with E-state index in [-0.39, 0.29) is 29.8 Å². The van der Waals surface area contributed by atoms with Gasteiger partial charge in [0.05, 0.1) is 35.7 Å². The van der Waals surface area contributed by atoms with Crippen LogP contribution in [0.2, 0.25) is 10.0 Å². The summed E-state index contributed by atoms with van der Waals surface area (Å²) < 4.78 is 42.3. The van der Waals surface area contributed by atoms with Gasteiger partial charge in [0.25, 0.3) is 0 Å². The molecule has 1 amide bonds. The minimum atomic E-state index is -4.63. The molecule has 0 aliphatic heterocycles. The first kappa shape index (κ1) is 21.7. The maximum absolute atomic E-state index is 13.1. The van der Waals surface area contributed by atoms with Crippen molar-refractivity contribution in [1.29, 1.82) is 0 Å². The van der Waals surface area contributed by atoms with Crippen molar-refractivity contribution in [2.75, 3.05) is 5.32 Å². The maximum atomic E-state index is 13.1. The molecule has 164 valence electrons. The van der Waals surface area contributed by atoms with Gasteiger partial charge in [-0.3, -0.25) is 14.2 Å². The van der Waals surface area contributed by atoms with E-state index < -0.39 is 11.9 Å². The van der Waals surface area contributed by atoms with Crippen LogP contribution in [0.15, 0.2) is 36.7 Å². The number of nitrogens with one attached hydrogen (secondary N) is 1. The zero-order valence-electron chi connectivity index (χ0n) is 16.2. The second kappa shape index (κ2) is 8.55. The third-order valence-electron chi connectivity index (χ3n) is 4.92. The van der Waals surface area contributed by atoms with Gasteiger partial charge >= 0.3 is 6.18 Å². The minimum Gasteiger partial charge on any atom is -0.323 e. The SMILES string of the molecule is O=C(CCn1nc(C(F)(F)F)c(Cl)c1C1CC1)Nc1cnn(Cc2ccccc2Cl)c1. The number of anilines is 1. The zero-order chi connectivity index (χ0) is 22.2. The number of benzene rings is 1. The average molecular weight is 472 g/mol. The van der Waals surface area contributed by atoms with Crippen LogP contribution < -0.4 is 5.32 Å². The van der Waals surface area contributed by atoms with Gasteiger partial charge in [0.2, 0.25) is 5.91 Å². The van der Waals surface area contributed by atoms with Gasteiger partial charge in [-0.15, -0.1) is 0 Å². The molecular formula is C20H18Cl2F3N5O. The van der Waals surface area contributed by atoms with Gasteiger partial charge in [-0.05, 0) is 24.5 Å². The molecule has 2 heterocycles. The van der Waals surface area contributed by atoms with Gasteiger partial charge in [-0.1, -0.05) is 41.4 Å². The second-order valence-electron chi connectivity index (χ2n) is 7.36. The standard InChI is InChI=1S/C20H18Cl2F3N5O/c21-15-4-2-1-3-13(15)10-29-11-14(9-26-29)27-16(31)7-8-30-18(12-5-6-12)17(22)19(28-30)20(23,24)25/h1-4,9,11-12H,5-8,10H2,(H,27,31). The number of hydrogen-bond acceptors (Lipinski definition) is 3. The van der Waals surface area contributed by atoms with Gasteiger partial charge in [0, 0.05) is 23.6 Å². The van der Waals surface area contributed by atoms with E-state index in [4.69, 9.17) is 23.2 Å². The summed E-state index contributed by atoms with van der Waals surface area (Å²) in [5.41, 5.74) is 0.620. The monoisotopic (exact) mass is 471 g/mol. The smallest absolute Gasteiger partial charge is 0.323 e.